The van der Waals surface area contributed by atoms with Crippen molar-refractivity contribution in [2.75, 3.05) is 26.8 Å². The van der Waals surface area contributed by atoms with Gasteiger partial charge in [-0.3, -0.25) is 14.2 Å². The number of amides is 1. The minimum absolute atomic E-state index is 0.131. The molecule has 0 saturated carbocycles. The number of nitrogens with zero attached hydrogens (tertiary/aromatic N) is 3. The standard InChI is InChI=1S/C28H31N3O4S/c1-6-30(7-2)27(33)24-18(4)29-28-31(25(24)20-14-10-12-16-22(20)34-5)26(32)23(36-28)17-19-13-9-11-15-21(19)35-8-3/h9-17,25H,6-8H2,1-5H3/b23-17+/t25-/m0/s1. The Morgan fingerprint density at radius 1 is 1.08 bits per heavy atom. The average molecular weight is 506 g/mol. The summed E-state index contributed by atoms with van der Waals surface area (Å²) in [6, 6.07) is 14.5. The normalized spacial score (nSPS) is 15.4. The van der Waals surface area contributed by atoms with Gasteiger partial charge in [0.15, 0.2) is 4.80 Å². The van der Waals surface area contributed by atoms with Gasteiger partial charge in [-0.2, -0.15) is 0 Å². The Balaban J connectivity index is 1.99. The van der Waals surface area contributed by atoms with E-state index >= 15 is 0 Å². The average Bonchev–Trinajstić information content (AvgIpc) is 3.19. The molecular formula is C28H31N3O4S. The fraction of sp³-hybridized carbons (Fsp3) is 0.321. The molecule has 1 aromatic heterocycles. The maximum absolute atomic E-state index is 13.9. The number of rotatable bonds is 8. The molecule has 0 saturated heterocycles. The highest BCUT2D eigenvalue weighted by Gasteiger charge is 2.35. The van der Waals surface area contributed by atoms with Crippen molar-refractivity contribution in [2.45, 2.75) is 33.7 Å². The van der Waals surface area contributed by atoms with Gasteiger partial charge in [0, 0.05) is 24.2 Å². The van der Waals surface area contributed by atoms with Gasteiger partial charge >= 0.3 is 0 Å². The lowest BCUT2D eigenvalue weighted by molar-refractivity contribution is -0.127. The van der Waals surface area contributed by atoms with E-state index in [4.69, 9.17) is 14.5 Å². The van der Waals surface area contributed by atoms with E-state index in [1.165, 1.54) is 11.3 Å². The highest BCUT2D eigenvalue weighted by Crippen LogP contribution is 2.36. The monoisotopic (exact) mass is 505 g/mol. The molecule has 2 aromatic carbocycles. The summed E-state index contributed by atoms with van der Waals surface area (Å²) in [4.78, 5) is 34.7. The molecule has 0 radical (unpaired) electrons. The summed E-state index contributed by atoms with van der Waals surface area (Å²) in [6.45, 7) is 9.29. The molecule has 1 atom stereocenters. The van der Waals surface area contributed by atoms with Crippen molar-refractivity contribution < 1.29 is 14.3 Å². The van der Waals surface area contributed by atoms with E-state index in [9.17, 15) is 9.59 Å². The first kappa shape index (κ1) is 25.4. The molecule has 1 aliphatic rings. The second-order valence-corrected chi connectivity index (χ2v) is 9.28. The van der Waals surface area contributed by atoms with Gasteiger partial charge in [0.25, 0.3) is 11.5 Å². The molecule has 36 heavy (non-hydrogen) atoms. The zero-order chi connectivity index (χ0) is 25.8. The number of methoxy groups -OCH3 is 1. The topological polar surface area (TPSA) is 73.1 Å². The molecule has 7 nitrogen and oxygen atoms in total. The highest BCUT2D eigenvalue weighted by molar-refractivity contribution is 7.07. The number of allylic oxidation sites excluding steroid dienone is 1. The van der Waals surface area contributed by atoms with Gasteiger partial charge in [-0.1, -0.05) is 47.7 Å². The molecule has 0 fully saturated rings. The Morgan fingerprint density at radius 3 is 2.42 bits per heavy atom. The van der Waals surface area contributed by atoms with Crippen molar-refractivity contribution in [2.24, 2.45) is 4.99 Å². The van der Waals surface area contributed by atoms with E-state index < -0.39 is 6.04 Å². The largest absolute Gasteiger partial charge is 0.496 e. The van der Waals surface area contributed by atoms with Crippen LogP contribution in [0.4, 0.5) is 0 Å². The summed E-state index contributed by atoms with van der Waals surface area (Å²) in [7, 11) is 1.59. The van der Waals surface area contributed by atoms with E-state index in [0.717, 1.165) is 11.1 Å². The molecular weight excluding hydrogens is 474 g/mol. The van der Waals surface area contributed by atoms with E-state index in [0.29, 0.717) is 51.8 Å². The molecule has 1 amide bonds. The number of hydrogen-bond acceptors (Lipinski definition) is 6. The van der Waals surface area contributed by atoms with Crippen molar-refractivity contribution in [3.63, 3.8) is 0 Å². The number of thiazole rings is 1. The van der Waals surface area contributed by atoms with Gasteiger partial charge in [0.1, 0.15) is 17.5 Å². The Bertz CT molecular complexity index is 1480. The predicted molar refractivity (Wildman–Crippen MR) is 142 cm³/mol. The Hall–Kier alpha value is -3.65. The SMILES string of the molecule is CCOc1ccccc1/C=c1/sc2n(c1=O)[C@@H](c1ccccc1OC)C(C(=O)N(CC)CC)=C(C)N=2. The van der Waals surface area contributed by atoms with Crippen molar-refractivity contribution in [3.05, 3.63) is 90.6 Å². The molecule has 0 aliphatic carbocycles. The number of aromatic nitrogens is 1. The predicted octanol–water partition coefficient (Wildman–Crippen LogP) is 3.51. The van der Waals surface area contributed by atoms with Crippen molar-refractivity contribution in [3.8, 4) is 11.5 Å². The maximum Gasteiger partial charge on any atom is 0.271 e. The number of likely N-dealkylation sites (N-methyl/N-ethyl adjacent to an activating group) is 1. The number of carbonyl (C=O) groups is 1. The summed E-state index contributed by atoms with van der Waals surface area (Å²) >= 11 is 1.31. The third-order valence-corrected chi connectivity index (χ3v) is 7.22. The lowest BCUT2D eigenvalue weighted by Gasteiger charge is -2.29. The third-order valence-electron chi connectivity index (χ3n) is 6.24. The number of ether oxygens (including phenoxy) is 2. The van der Waals surface area contributed by atoms with Crippen LogP contribution in [0.3, 0.4) is 0 Å². The van der Waals surface area contributed by atoms with Crippen LogP contribution in [0.1, 0.15) is 44.9 Å². The highest BCUT2D eigenvalue weighted by atomic mass is 32.1. The fourth-order valence-corrected chi connectivity index (χ4v) is 5.53. The van der Waals surface area contributed by atoms with Gasteiger partial charge in [0.2, 0.25) is 0 Å². The van der Waals surface area contributed by atoms with Crippen LogP contribution in [-0.2, 0) is 4.79 Å². The second-order valence-electron chi connectivity index (χ2n) is 8.27. The Morgan fingerprint density at radius 2 is 1.75 bits per heavy atom. The molecule has 0 bridgehead atoms. The first-order valence-electron chi connectivity index (χ1n) is 12.1. The molecule has 0 spiro atoms. The van der Waals surface area contributed by atoms with Crippen LogP contribution in [0.15, 0.2) is 69.6 Å². The van der Waals surface area contributed by atoms with Crippen molar-refractivity contribution in [1.82, 2.24) is 9.47 Å². The van der Waals surface area contributed by atoms with Crippen LogP contribution in [-0.4, -0.2) is 42.2 Å². The Labute approximate surface area is 214 Å². The van der Waals surface area contributed by atoms with Crippen LogP contribution in [0.5, 0.6) is 11.5 Å². The van der Waals surface area contributed by atoms with E-state index in [-0.39, 0.29) is 11.5 Å². The quantitative estimate of drug-likeness (QED) is 0.470. The summed E-state index contributed by atoms with van der Waals surface area (Å²) in [5, 5.41) is 0. The number of fused-ring (bicyclic) bond motifs is 1. The summed E-state index contributed by atoms with van der Waals surface area (Å²) in [5.41, 5.74) is 2.43. The van der Waals surface area contributed by atoms with Crippen LogP contribution in [0, 0.1) is 0 Å². The first-order valence-corrected chi connectivity index (χ1v) is 12.9. The lowest BCUT2D eigenvalue weighted by Crippen LogP contribution is -2.43. The first-order chi connectivity index (χ1) is 17.4. The van der Waals surface area contributed by atoms with Gasteiger partial charge < -0.3 is 14.4 Å². The van der Waals surface area contributed by atoms with Crippen molar-refractivity contribution in [1.29, 1.82) is 0 Å². The van der Waals surface area contributed by atoms with Crippen LogP contribution >= 0.6 is 11.3 Å². The molecule has 3 aromatic rings. The van der Waals surface area contributed by atoms with Gasteiger partial charge in [-0.25, -0.2) is 4.99 Å². The molecule has 1 aliphatic heterocycles. The third kappa shape index (κ3) is 4.60. The summed E-state index contributed by atoms with van der Waals surface area (Å²) < 4.78 is 13.6. The van der Waals surface area contributed by atoms with E-state index in [1.54, 1.807) is 16.6 Å². The molecule has 4 rings (SSSR count). The maximum atomic E-state index is 13.9. The minimum Gasteiger partial charge on any atom is -0.496 e. The second kappa shape index (κ2) is 11.0. The van der Waals surface area contributed by atoms with Crippen molar-refractivity contribution >= 4 is 23.3 Å². The fourth-order valence-electron chi connectivity index (χ4n) is 4.49. The molecule has 2 heterocycles. The summed E-state index contributed by atoms with van der Waals surface area (Å²) in [6.07, 6.45) is 1.83. The van der Waals surface area contributed by atoms with Gasteiger partial charge in [-0.15, -0.1) is 0 Å². The molecule has 0 unspecified atom stereocenters. The summed E-state index contributed by atoms with van der Waals surface area (Å²) in [5.74, 6) is 1.19. The zero-order valence-electron chi connectivity index (χ0n) is 21.3. The van der Waals surface area contributed by atoms with Crippen LogP contribution in [0.2, 0.25) is 0 Å². The lowest BCUT2D eigenvalue weighted by atomic mass is 9.94. The van der Waals surface area contributed by atoms with Gasteiger partial charge in [0.05, 0.1) is 29.5 Å². The van der Waals surface area contributed by atoms with Crippen LogP contribution < -0.4 is 24.4 Å². The number of benzene rings is 2. The zero-order valence-corrected chi connectivity index (χ0v) is 22.1. The smallest absolute Gasteiger partial charge is 0.271 e. The van der Waals surface area contributed by atoms with Crippen LogP contribution in [0.25, 0.3) is 6.08 Å². The van der Waals surface area contributed by atoms with E-state index in [1.807, 2.05) is 82.3 Å². The number of carbonyl (C=O) groups excluding carboxylic acids is 1. The molecule has 0 N–H and O–H groups in total. The Kier molecular flexibility index (Phi) is 7.74. The number of hydrogen-bond donors (Lipinski definition) is 0. The van der Waals surface area contributed by atoms with E-state index in [2.05, 4.69) is 0 Å². The van der Waals surface area contributed by atoms with Gasteiger partial charge in [-0.05, 0) is 45.9 Å². The number of para-hydroxylation sites is 2. The molecule has 188 valence electrons. The minimum atomic E-state index is -0.658. The molecule has 8 heteroatoms.